The number of nitrogens with one attached hydrogen (secondary N) is 2. The van der Waals surface area contributed by atoms with Gasteiger partial charge in [-0.1, -0.05) is 12.1 Å². The van der Waals surface area contributed by atoms with Gasteiger partial charge in [0.1, 0.15) is 0 Å². The molecule has 1 aromatic rings. The molecule has 1 rings (SSSR count). The number of nitrogens with two attached hydrogens (primary N) is 1. The van der Waals surface area contributed by atoms with Crippen molar-refractivity contribution in [3.63, 3.8) is 0 Å². The van der Waals surface area contributed by atoms with Crippen molar-refractivity contribution in [3.05, 3.63) is 29.8 Å². The standard InChI is InChI=1S/C11H14F3N3O/c1-7(15)6-16-10(18)17-9-5-3-2-4-8(9)11(12,13)14/h2-5,7H,6,15H2,1H3,(H2,16,17,18). The second-order valence-corrected chi connectivity index (χ2v) is 3.86. The number of rotatable bonds is 3. The van der Waals surface area contributed by atoms with Crippen molar-refractivity contribution in [1.29, 1.82) is 0 Å². The summed E-state index contributed by atoms with van der Waals surface area (Å²) in [5, 5.41) is 4.51. The molecule has 1 aromatic carbocycles. The summed E-state index contributed by atoms with van der Waals surface area (Å²) in [5.41, 5.74) is 4.24. The van der Waals surface area contributed by atoms with Crippen LogP contribution >= 0.6 is 0 Å². The quantitative estimate of drug-likeness (QED) is 0.780. The summed E-state index contributed by atoms with van der Waals surface area (Å²) in [6, 6.07) is 3.78. The van der Waals surface area contributed by atoms with Crippen LogP contribution in [0.25, 0.3) is 0 Å². The second-order valence-electron chi connectivity index (χ2n) is 3.86. The largest absolute Gasteiger partial charge is 0.418 e. The molecule has 0 radical (unpaired) electrons. The number of para-hydroxylation sites is 1. The minimum atomic E-state index is -4.51. The average Bonchev–Trinajstić information content (AvgIpc) is 2.25. The number of halogens is 3. The predicted octanol–water partition coefficient (Wildman–Crippen LogP) is 2.17. The van der Waals surface area contributed by atoms with Crippen molar-refractivity contribution in [2.24, 2.45) is 5.73 Å². The van der Waals surface area contributed by atoms with Crippen molar-refractivity contribution in [3.8, 4) is 0 Å². The predicted molar refractivity (Wildman–Crippen MR) is 62.1 cm³/mol. The maximum absolute atomic E-state index is 12.6. The fraction of sp³-hybridized carbons (Fsp3) is 0.364. The molecule has 0 aliphatic heterocycles. The molecule has 0 heterocycles. The third-order valence-corrected chi connectivity index (χ3v) is 2.07. The highest BCUT2D eigenvalue weighted by molar-refractivity contribution is 5.90. The molecule has 18 heavy (non-hydrogen) atoms. The van der Waals surface area contributed by atoms with Gasteiger partial charge in [-0.05, 0) is 19.1 Å². The van der Waals surface area contributed by atoms with Gasteiger partial charge in [-0.2, -0.15) is 13.2 Å². The Hall–Kier alpha value is -1.76. The third kappa shape index (κ3) is 4.25. The summed E-state index contributed by atoms with van der Waals surface area (Å²) >= 11 is 0. The smallest absolute Gasteiger partial charge is 0.336 e. The fourth-order valence-electron chi connectivity index (χ4n) is 1.26. The van der Waals surface area contributed by atoms with E-state index in [1.54, 1.807) is 6.92 Å². The first-order chi connectivity index (χ1) is 8.30. The first-order valence-corrected chi connectivity index (χ1v) is 5.27. The van der Waals surface area contributed by atoms with Crippen LogP contribution in [0.4, 0.5) is 23.7 Å². The van der Waals surface area contributed by atoms with E-state index < -0.39 is 17.8 Å². The summed E-state index contributed by atoms with van der Waals surface area (Å²) in [4.78, 5) is 11.4. The molecular weight excluding hydrogens is 247 g/mol. The number of alkyl halides is 3. The van der Waals surface area contributed by atoms with E-state index in [0.29, 0.717) is 0 Å². The molecule has 4 nitrogen and oxygen atoms in total. The lowest BCUT2D eigenvalue weighted by atomic mass is 10.1. The summed E-state index contributed by atoms with van der Waals surface area (Å²) in [6.45, 7) is 1.85. The number of amides is 2. The van der Waals surface area contributed by atoms with Crippen molar-refractivity contribution in [1.82, 2.24) is 5.32 Å². The molecule has 0 aliphatic rings. The molecule has 100 valence electrons. The van der Waals surface area contributed by atoms with E-state index in [4.69, 9.17) is 5.73 Å². The van der Waals surface area contributed by atoms with Crippen LogP contribution in [0.15, 0.2) is 24.3 Å². The number of hydrogen-bond donors (Lipinski definition) is 3. The normalized spacial score (nSPS) is 12.9. The molecule has 1 unspecified atom stereocenters. The average molecular weight is 261 g/mol. The van der Waals surface area contributed by atoms with Gasteiger partial charge >= 0.3 is 12.2 Å². The summed E-state index contributed by atoms with van der Waals surface area (Å²) < 4.78 is 37.9. The van der Waals surface area contributed by atoms with E-state index >= 15 is 0 Å². The van der Waals surface area contributed by atoms with Crippen LogP contribution in [0.3, 0.4) is 0 Å². The number of anilines is 1. The number of hydrogen-bond acceptors (Lipinski definition) is 2. The number of carbonyl (C=O) groups is 1. The van der Waals surface area contributed by atoms with E-state index in [2.05, 4.69) is 10.6 Å². The Balaban J connectivity index is 2.76. The minimum Gasteiger partial charge on any atom is -0.336 e. The lowest BCUT2D eigenvalue weighted by Crippen LogP contribution is -2.38. The van der Waals surface area contributed by atoms with Crippen LogP contribution in [0.1, 0.15) is 12.5 Å². The first-order valence-electron chi connectivity index (χ1n) is 5.27. The fourth-order valence-corrected chi connectivity index (χ4v) is 1.26. The highest BCUT2D eigenvalue weighted by atomic mass is 19.4. The van der Waals surface area contributed by atoms with Crippen molar-refractivity contribution in [2.75, 3.05) is 11.9 Å². The van der Waals surface area contributed by atoms with E-state index in [-0.39, 0.29) is 18.3 Å². The second kappa shape index (κ2) is 5.72. The molecule has 0 aliphatic carbocycles. The van der Waals surface area contributed by atoms with Crippen LogP contribution < -0.4 is 16.4 Å². The van der Waals surface area contributed by atoms with Crippen LogP contribution in [-0.2, 0) is 6.18 Å². The van der Waals surface area contributed by atoms with Gasteiger partial charge in [-0.15, -0.1) is 0 Å². The molecule has 0 saturated carbocycles. The van der Waals surface area contributed by atoms with Gasteiger partial charge in [0, 0.05) is 12.6 Å². The van der Waals surface area contributed by atoms with Gasteiger partial charge < -0.3 is 16.4 Å². The highest BCUT2D eigenvalue weighted by Gasteiger charge is 2.33. The summed E-state index contributed by atoms with van der Waals surface area (Å²) in [5.74, 6) is 0. The van der Waals surface area contributed by atoms with Gasteiger partial charge in [-0.25, -0.2) is 4.79 Å². The van der Waals surface area contributed by atoms with E-state index in [1.807, 2.05) is 0 Å². The van der Waals surface area contributed by atoms with Crippen molar-refractivity contribution in [2.45, 2.75) is 19.1 Å². The Morgan fingerprint density at radius 1 is 1.39 bits per heavy atom. The maximum Gasteiger partial charge on any atom is 0.418 e. The van der Waals surface area contributed by atoms with Crippen LogP contribution in [0.2, 0.25) is 0 Å². The Morgan fingerprint density at radius 3 is 2.56 bits per heavy atom. The molecule has 0 saturated heterocycles. The van der Waals surface area contributed by atoms with Crippen molar-refractivity contribution < 1.29 is 18.0 Å². The zero-order valence-corrected chi connectivity index (χ0v) is 9.71. The lowest BCUT2D eigenvalue weighted by molar-refractivity contribution is -0.136. The third-order valence-electron chi connectivity index (χ3n) is 2.07. The van der Waals surface area contributed by atoms with Gasteiger partial charge in [0.05, 0.1) is 11.3 Å². The van der Waals surface area contributed by atoms with Gasteiger partial charge in [0.15, 0.2) is 0 Å². The molecule has 7 heteroatoms. The van der Waals surface area contributed by atoms with E-state index in [9.17, 15) is 18.0 Å². The molecule has 2 amide bonds. The lowest BCUT2D eigenvalue weighted by Gasteiger charge is -2.14. The molecule has 0 aromatic heterocycles. The first kappa shape index (κ1) is 14.3. The monoisotopic (exact) mass is 261 g/mol. The van der Waals surface area contributed by atoms with E-state index in [0.717, 1.165) is 6.07 Å². The highest BCUT2D eigenvalue weighted by Crippen LogP contribution is 2.34. The molecule has 4 N–H and O–H groups in total. The summed E-state index contributed by atoms with van der Waals surface area (Å²) in [6.07, 6.45) is -4.51. The Morgan fingerprint density at radius 2 is 2.00 bits per heavy atom. The molecule has 0 bridgehead atoms. The van der Waals surface area contributed by atoms with Crippen LogP contribution in [0.5, 0.6) is 0 Å². The number of urea groups is 1. The number of carbonyl (C=O) groups excluding carboxylic acids is 1. The molecule has 0 fully saturated rings. The zero-order chi connectivity index (χ0) is 13.8. The molecule has 0 spiro atoms. The minimum absolute atomic E-state index is 0.181. The summed E-state index contributed by atoms with van der Waals surface area (Å²) in [7, 11) is 0. The zero-order valence-electron chi connectivity index (χ0n) is 9.71. The van der Waals surface area contributed by atoms with Crippen molar-refractivity contribution >= 4 is 11.7 Å². The maximum atomic E-state index is 12.6. The Bertz CT molecular complexity index is 418. The van der Waals surface area contributed by atoms with Crippen LogP contribution in [-0.4, -0.2) is 18.6 Å². The van der Waals surface area contributed by atoms with Gasteiger partial charge in [0.2, 0.25) is 0 Å². The van der Waals surface area contributed by atoms with Gasteiger partial charge in [0.25, 0.3) is 0 Å². The Kier molecular flexibility index (Phi) is 4.55. The van der Waals surface area contributed by atoms with Gasteiger partial charge in [-0.3, -0.25) is 0 Å². The number of benzene rings is 1. The Labute approximate surface area is 102 Å². The topological polar surface area (TPSA) is 67.1 Å². The molecular formula is C11H14F3N3O. The van der Waals surface area contributed by atoms with Crippen LogP contribution in [0, 0.1) is 0 Å². The SMILES string of the molecule is CC(N)CNC(=O)Nc1ccccc1C(F)(F)F. The molecule has 1 atom stereocenters. The van der Waals surface area contributed by atoms with E-state index in [1.165, 1.54) is 18.2 Å².